The van der Waals surface area contributed by atoms with E-state index in [-0.39, 0.29) is 6.07 Å². The Hall–Kier alpha value is -1.31. The molecule has 0 aliphatic carbocycles. The normalized spacial score (nSPS) is 12.3. The van der Waals surface area contributed by atoms with Crippen molar-refractivity contribution in [1.82, 2.24) is 0 Å². The predicted molar refractivity (Wildman–Crippen MR) is 48.5 cm³/mol. The Bertz CT molecular complexity index is 443. The summed E-state index contributed by atoms with van der Waals surface area (Å²) in [5, 5.41) is 0. The molecule has 1 aromatic rings. The zero-order chi connectivity index (χ0) is 12.3. The van der Waals surface area contributed by atoms with Crippen LogP contribution in [-0.4, -0.2) is 10.4 Å². The molecule has 0 saturated carbocycles. The summed E-state index contributed by atoms with van der Waals surface area (Å²) in [6, 6.07) is 0.366. The Kier molecular flexibility index (Phi) is 3.74. The number of thiol groups is 1. The van der Waals surface area contributed by atoms with Crippen molar-refractivity contribution >= 4 is 18.1 Å². The van der Waals surface area contributed by atoms with E-state index in [1.54, 1.807) is 0 Å². The van der Waals surface area contributed by atoms with Crippen LogP contribution in [0.15, 0.2) is 16.5 Å². The van der Waals surface area contributed by atoms with Gasteiger partial charge in [-0.3, -0.25) is 0 Å². The van der Waals surface area contributed by atoms with Crippen LogP contribution in [0.2, 0.25) is 0 Å². The lowest BCUT2D eigenvalue weighted by atomic mass is 10.1. The summed E-state index contributed by atoms with van der Waals surface area (Å²) in [7, 11) is 0. The number of halogens is 5. The maximum absolute atomic E-state index is 13.0. The van der Waals surface area contributed by atoms with Gasteiger partial charge in [0, 0.05) is 11.8 Å². The van der Waals surface area contributed by atoms with Crippen LogP contribution in [0.5, 0.6) is 0 Å². The van der Waals surface area contributed by atoms with Gasteiger partial charge in [0.2, 0.25) is 0 Å². The molecular weight excluding hydrogens is 253 g/mol. The standard InChI is InChI=1S/C8H4F5NOS/c9-6-2-5(8(11,12)13)7(10)1-4(6)3-14-16-15/h1-3,16H/b14-3+. The summed E-state index contributed by atoms with van der Waals surface area (Å²) < 4.78 is 75.3. The minimum Gasteiger partial charge on any atom is -0.238 e. The molecule has 0 unspecified atom stereocenters. The smallest absolute Gasteiger partial charge is 0.238 e. The molecule has 0 aliphatic rings. The van der Waals surface area contributed by atoms with Crippen LogP contribution in [0.1, 0.15) is 11.1 Å². The first-order chi connectivity index (χ1) is 7.36. The minimum atomic E-state index is -4.96. The lowest BCUT2D eigenvalue weighted by Crippen LogP contribution is -2.09. The fourth-order valence-electron chi connectivity index (χ4n) is 0.964. The fourth-order valence-corrected chi connectivity index (χ4v) is 1.14. The van der Waals surface area contributed by atoms with E-state index in [2.05, 4.69) is 4.40 Å². The molecule has 8 heteroatoms. The summed E-state index contributed by atoms with van der Waals surface area (Å²) in [5.41, 5.74) is -2.20. The Morgan fingerprint density at radius 1 is 1.19 bits per heavy atom. The van der Waals surface area contributed by atoms with Gasteiger partial charge in [-0.25, -0.2) is 13.0 Å². The number of alkyl halides is 3. The molecule has 1 rings (SSSR count). The van der Waals surface area contributed by atoms with E-state index < -0.39 is 40.8 Å². The van der Waals surface area contributed by atoms with E-state index in [4.69, 9.17) is 0 Å². The fraction of sp³-hybridized carbons (Fsp3) is 0.125. The van der Waals surface area contributed by atoms with Crippen LogP contribution in [0, 0.1) is 11.6 Å². The molecule has 0 amide bonds. The molecule has 0 heterocycles. The second kappa shape index (κ2) is 4.69. The number of benzene rings is 1. The Balaban J connectivity index is 3.27. The van der Waals surface area contributed by atoms with E-state index in [1.807, 2.05) is 0 Å². The van der Waals surface area contributed by atoms with Gasteiger partial charge in [-0.15, -0.1) is 0 Å². The summed E-state index contributed by atoms with van der Waals surface area (Å²) in [6.45, 7) is 0. The Morgan fingerprint density at radius 2 is 1.81 bits per heavy atom. The molecule has 1 aromatic carbocycles. The highest BCUT2D eigenvalue weighted by Crippen LogP contribution is 2.32. The van der Waals surface area contributed by atoms with Crippen molar-refractivity contribution in [3.05, 3.63) is 34.9 Å². The molecule has 0 radical (unpaired) electrons. The van der Waals surface area contributed by atoms with Gasteiger partial charge in [0.1, 0.15) is 23.5 Å². The topological polar surface area (TPSA) is 29.4 Å². The van der Waals surface area contributed by atoms with Gasteiger partial charge < -0.3 is 0 Å². The van der Waals surface area contributed by atoms with Crippen LogP contribution in [0.3, 0.4) is 0 Å². The van der Waals surface area contributed by atoms with Gasteiger partial charge in [0.05, 0.1) is 5.56 Å². The minimum absolute atomic E-state index is 0.0262. The highest BCUT2D eigenvalue weighted by atomic mass is 32.2. The van der Waals surface area contributed by atoms with E-state index in [0.717, 1.165) is 0 Å². The summed E-state index contributed by atoms with van der Waals surface area (Å²) in [5.74, 6) is -2.90. The van der Waals surface area contributed by atoms with Crippen molar-refractivity contribution in [1.29, 1.82) is 0 Å². The van der Waals surface area contributed by atoms with Crippen molar-refractivity contribution in [2.75, 3.05) is 0 Å². The van der Waals surface area contributed by atoms with Gasteiger partial charge in [-0.05, 0) is 12.1 Å². The van der Waals surface area contributed by atoms with E-state index >= 15 is 0 Å². The zero-order valence-corrected chi connectivity index (χ0v) is 8.32. The summed E-state index contributed by atoms with van der Waals surface area (Å²) in [6.07, 6.45) is -4.29. The molecule has 0 aromatic heterocycles. The number of hydrogen-bond donors (Lipinski definition) is 1. The molecule has 88 valence electrons. The van der Waals surface area contributed by atoms with Crippen LogP contribution < -0.4 is 0 Å². The van der Waals surface area contributed by atoms with Crippen LogP contribution in [-0.2, 0) is 18.0 Å². The number of rotatable bonds is 2. The predicted octanol–water partition coefficient (Wildman–Crippen LogP) is 2.26. The van der Waals surface area contributed by atoms with Gasteiger partial charge >= 0.3 is 6.18 Å². The maximum Gasteiger partial charge on any atom is 0.419 e. The van der Waals surface area contributed by atoms with E-state index in [0.29, 0.717) is 12.3 Å². The highest BCUT2D eigenvalue weighted by molar-refractivity contribution is 7.64. The van der Waals surface area contributed by atoms with Crippen molar-refractivity contribution in [2.24, 2.45) is 4.40 Å². The van der Waals surface area contributed by atoms with Gasteiger partial charge in [0.15, 0.2) is 0 Å². The molecule has 0 atom stereocenters. The first-order valence-corrected chi connectivity index (χ1v) is 4.54. The van der Waals surface area contributed by atoms with Crippen molar-refractivity contribution in [2.45, 2.75) is 6.18 Å². The SMILES string of the molecule is O=[SH]/N=C/c1cc(F)c(C(F)(F)F)cc1F. The summed E-state index contributed by atoms with van der Waals surface area (Å²) in [4.78, 5) is 0. The number of hydrogen-bond acceptors (Lipinski definition) is 1. The highest BCUT2D eigenvalue weighted by Gasteiger charge is 2.34. The van der Waals surface area contributed by atoms with Crippen LogP contribution in [0.4, 0.5) is 22.0 Å². The molecule has 0 bridgehead atoms. The molecule has 2 nitrogen and oxygen atoms in total. The summed E-state index contributed by atoms with van der Waals surface area (Å²) >= 11 is -0.700. The van der Waals surface area contributed by atoms with Crippen LogP contribution >= 0.6 is 0 Å². The monoisotopic (exact) mass is 257 g/mol. The van der Waals surface area contributed by atoms with E-state index in [9.17, 15) is 26.2 Å². The molecule has 0 fully saturated rings. The lowest BCUT2D eigenvalue weighted by molar-refractivity contribution is -0.140. The quantitative estimate of drug-likeness (QED) is 0.491. The third-order valence-electron chi connectivity index (χ3n) is 1.64. The molecule has 0 spiro atoms. The molecular formula is C8H4F5NOS. The zero-order valence-electron chi connectivity index (χ0n) is 7.42. The first kappa shape index (κ1) is 12.8. The maximum atomic E-state index is 13.0. The average molecular weight is 257 g/mol. The Labute approximate surface area is 90.4 Å². The number of nitrogens with zero attached hydrogens (tertiary/aromatic N) is 1. The molecule has 16 heavy (non-hydrogen) atoms. The second-order valence-corrected chi connectivity index (χ2v) is 3.07. The van der Waals surface area contributed by atoms with E-state index in [1.165, 1.54) is 0 Å². The molecule has 0 saturated heterocycles. The van der Waals surface area contributed by atoms with Crippen LogP contribution in [0.25, 0.3) is 0 Å². The first-order valence-electron chi connectivity index (χ1n) is 3.78. The van der Waals surface area contributed by atoms with Crippen molar-refractivity contribution < 1.29 is 26.2 Å². The third-order valence-corrected chi connectivity index (χ3v) is 1.85. The molecule has 0 aliphatic heterocycles. The third kappa shape index (κ3) is 2.84. The second-order valence-electron chi connectivity index (χ2n) is 2.68. The van der Waals surface area contributed by atoms with Gasteiger partial charge in [-0.2, -0.15) is 17.6 Å². The lowest BCUT2D eigenvalue weighted by Gasteiger charge is -2.08. The Morgan fingerprint density at radius 3 is 2.31 bits per heavy atom. The average Bonchev–Trinajstić information content (AvgIpc) is 2.17. The van der Waals surface area contributed by atoms with Gasteiger partial charge in [-0.1, -0.05) is 0 Å². The largest absolute Gasteiger partial charge is 0.419 e. The van der Waals surface area contributed by atoms with Crippen molar-refractivity contribution in [3.63, 3.8) is 0 Å². The molecule has 0 N–H and O–H groups in total. The van der Waals surface area contributed by atoms with Crippen molar-refractivity contribution in [3.8, 4) is 0 Å². The van der Waals surface area contributed by atoms with Gasteiger partial charge in [0.25, 0.3) is 0 Å².